The topological polar surface area (TPSA) is 96.4 Å². The molecule has 1 amide bonds. The van der Waals surface area contributed by atoms with Crippen molar-refractivity contribution < 1.29 is 13.7 Å². The summed E-state index contributed by atoms with van der Waals surface area (Å²) in [6.45, 7) is 6.63. The average Bonchev–Trinajstić information content (AvgIpc) is 3.24. The van der Waals surface area contributed by atoms with Crippen molar-refractivity contribution in [2.24, 2.45) is 0 Å². The van der Waals surface area contributed by atoms with Crippen molar-refractivity contribution in [2.45, 2.75) is 51.9 Å². The first kappa shape index (κ1) is 17.6. The number of nitrogens with one attached hydrogen (secondary N) is 2. The van der Waals surface area contributed by atoms with Gasteiger partial charge in [0.1, 0.15) is 5.76 Å². The molecule has 0 saturated carbocycles. The van der Waals surface area contributed by atoms with Gasteiger partial charge in [0.25, 0.3) is 0 Å². The lowest BCUT2D eigenvalue weighted by atomic mass is 10.0. The summed E-state index contributed by atoms with van der Waals surface area (Å²) in [4.78, 5) is 18.8. The Balaban J connectivity index is 1.43. The standard InChI is InChI=1S/C17H25N5O3/c1-12(17(23)18-9-15-6-4-8-24-15)19-14-5-3-7-22(10-14)11-16-20-13(2)25-21-16/h4,6,8,12,14,19H,3,5,7,9-11H2,1-2H3,(H,18,23). The molecule has 2 N–H and O–H groups in total. The van der Waals surface area contributed by atoms with E-state index in [0.717, 1.165) is 31.7 Å². The maximum atomic E-state index is 12.2. The number of carbonyl (C=O) groups excluding carboxylic acids is 1. The third kappa shape index (κ3) is 5.14. The van der Waals surface area contributed by atoms with Crippen molar-refractivity contribution in [3.8, 4) is 0 Å². The molecule has 0 spiro atoms. The highest BCUT2D eigenvalue weighted by Gasteiger charge is 2.24. The molecule has 2 unspecified atom stereocenters. The average molecular weight is 347 g/mol. The lowest BCUT2D eigenvalue weighted by molar-refractivity contribution is -0.123. The molecule has 136 valence electrons. The SMILES string of the molecule is Cc1nc(CN2CCCC(NC(C)C(=O)NCc3ccco3)C2)no1. The minimum atomic E-state index is -0.257. The van der Waals surface area contributed by atoms with Crippen LogP contribution in [0.2, 0.25) is 0 Å². The molecule has 1 aliphatic rings. The van der Waals surface area contributed by atoms with Crippen molar-refractivity contribution in [3.63, 3.8) is 0 Å². The van der Waals surface area contributed by atoms with E-state index in [-0.39, 0.29) is 18.0 Å². The van der Waals surface area contributed by atoms with Crippen LogP contribution in [0.5, 0.6) is 0 Å². The van der Waals surface area contributed by atoms with Gasteiger partial charge in [0, 0.05) is 19.5 Å². The second-order valence-corrected chi connectivity index (χ2v) is 6.49. The van der Waals surface area contributed by atoms with Gasteiger partial charge < -0.3 is 19.6 Å². The molecule has 8 heteroatoms. The van der Waals surface area contributed by atoms with Crippen LogP contribution in [-0.2, 0) is 17.9 Å². The molecular formula is C17H25N5O3. The molecule has 8 nitrogen and oxygen atoms in total. The van der Waals surface area contributed by atoms with E-state index in [0.29, 0.717) is 24.8 Å². The van der Waals surface area contributed by atoms with Crippen LogP contribution in [0.1, 0.15) is 37.2 Å². The number of aryl methyl sites for hydroxylation is 1. The lowest BCUT2D eigenvalue weighted by Gasteiger charge is -2.33. The minimum Gasteiger partial charge on any atom is -0.467 e. The zero-order valence-corrected chi connectivity index (χ0v) is 14.7. The molecule has 3 heterocycles. The van der Waals surface area contributed by atoms with Crippen LogP contribution in [0.25, 0.3) is 0 Å². The number of hydrogen-bond donors (Lipinski definition) is 2. The van der Waals surface area contributed by atoms with E-state index in [1.54, 1.807) is 13.2 Å². The van der Waals surface area contributed by atoms with E-state index < -0.39 is 0 Å². The molecule has 2 aromatic heterocycles. The van der Waals surface area contributed by atoms with E-state index in [4.69, 9.17) is 8.94 Å². The minimum absolute atomic E-state index is 0.0256. The van der Waals surface area contributed by atoms with Crippen LogP contribution >= 0.6 is 0 Å². The molecule has 25 heavy (non-hydrogen) atoms. The van der Waals surface area contributed by atoms with E-state index >= 15 is 0 Å². The fourth-order valence-electron chi connectivity index (χ4n) is 3.11. The molecule has 2 atom stereocenters. The fraction of sp³-hybridized carbons (Fsp3) is 0.588. The van der Waals surface area contributed by atoms with Crippen molar-refractivity contribution in [1.82, 2.24) is 25.7 Å². The number of piperidine rings is 1. The van der Waals surface area contributed by atoms with Gasteiger partial charge in [-0.15, -0.1) is 0 Å². The maximum Gasteiger partial charge on any atom is 0.237 e. The van der Waals surface area contributed by atoms with E-state index in [1.165, 1.54) is 0 Å². The second-order valence-electron chi connectivity index (χ2n) is 6.49. The zero-order chi connectivity index (χ0) is 17.6. The first-order chi connectivity index (χ1) is 12.1. The fourth-order valence-corrected chi connectivity index (χ4v) is 3.11. The van der Waals surface area contributed by atoms with Gasteiger partial charge in [0.15, 0.2) is 5.82 Å². The summed E-state index contributed by atoms with van der Waals surface area (Å²) in [6.07, 6.45) is 3.73. The summed E-state index contributed by atoms with van der Waals surface area (Å²) >= 11 is 0. The Morgan fingerprint density at radius 1 is 1.52 bits per heavy atom. The molecule has 2 aromatic rings. The smallest absolute Gasteiger partial charge is 0.237 e. The Morgan fingerprint density at radius 2 is 2.40 bits per heavy atom. The zero-order valence-electron chi connectivity index (χ0n) is 14.7. The van der Waals surface area contributed by atoms with Gasteiger partial charge in [-0.25, -0.2) is 0 Å². The summed E-state index contributed by atoms with van der Waals surface area (Å²) in [5.41, 5.74) is 0. The number of nitrogens with zero attached hydrogens (tertiary/aromatic N) is 3. The molecule has 3 rings (SSSR count). The maximum absolute atomic E-state index is 12.2. The molecule has 1 fully saturated rings. The Labute approximate surface area is 146 Å². The predicted octanol–water partition coefficient (Wildman–Crippen LogP) is 1.23. The Bertz CT molecular complexity index is 670. The first-order valence-corrected chi connectivity index (χ1v) is 8.68. The molecule has 0 bridgehead atoms. The Kier molecular flexibility index (Phi) is 5.83. The number of hydrogen-bond acceptors (Lipinski definition) is 7. The highest BCUT2D eigenvalue weighted by molar-refractivity contribution is 5.81. The third-order valence-corrected chi connectivity index (χ3v) is 4.34. The number of aromatic nitrogens is 2. The van der Waals surface area contributed by atoms with Gasteiger partial charge in [-0.3, -0.25) is 9.69 Å². The molecule has 0 aromatic carbocycles. The first-order valence-electron chi connectivity index (χ1n) is 8.68. The van der Waals surface area contributed by atoms with E-state index in [2.05, 4.69) is 25.7 Å². The predicted molar refractivity (Wildman–Crippen MR) is 90.5 cm³/mol. The molecule has 1 aliphatic heterocycles. The van der Waals surface area contributed by atoms with Gasteiger partial charge in [0.2, 0.25) is 11.8 Å². The Hall–Kier alpha value is -2.19. The van der Waals surface area contributed by atoms with Crippen molar-refractivity contribution >= 4 is 5.91 Å². The quantitative estimate of drug-likeness (QED) is 0.777. The highest BCUT2D eigenvalue weighted by Crippen LogP contribution is 2.13. The van der Waals surface area contributed by atoms with Crippen molar-refractivity contribution in [1.29, 1.82) is 0 Å². The van der Waals surface area contributed by atoms with Gasteiger partial charge in [-0.05, 0) is 38.4 Å². The Morgan fingerprint density at radius 3 is 3.12 bits per heavy atom. The van der Waals surface area contributed by atoms with Crippen molar-refractivity contribution in [3.05, 3.63) is 35.9 Å². The van der Waals surface area contributed by atoms with Gasteiger partial charge in [-0.1, -0.05) is 5.16 Å². The molecule has 0 aliphatic carbocycles. The van der Waals surface area contributed by atoms with Gasteiger partial charge >= 0.3 is 0 Å². The van der Waals surface area contributed by atoms with Crippen LogP contribution in [0, 0.1) is 6.92 Å². The van der Waals surface area contributed by atoms with Gasteiger partial charge in [0.05, 0.1) is 25.4 Å². The summed E-state index contributed by atoms with van der Waals surface area (Å²) in [5, 5.41) is 10.3. The number of carbonyl (C=O) groups is 1. The second kappa shape index (κ2) is 8.26. The largest absolute Gasteiger partial charge is 0.467 e. The normalized spacial score (nSPS) is 19.7. The summed E-state index contributed by atoms with van der Waals surface area (Å²) in [7, 11) is 0. The molecular weight excluding hydrogens is 322 g/mol. The number of amides is 1. The van der Waals surface area contributed by atoms with E-state index in [9.17, 15) is 4.79 Å². The monoisotopic (exact) mass is 347 g/mol. The van der Waals surface area contributed by atoms with Crippen LogP contribution in [-0.4, -0.2) is 46.1 Å². The lowest BCUT2D eigenvalue weighted by Crippen LogP contribution is -2.52. The molecule has 0 radical (unpaired) electrons. The van der Waals surface area contributed by atoms with Gasteiger partial charge in [-0.2, -0.15) is 4.98 Å². The third-order valence-electron chi connectivity index (χ3n) is 4.34. The number of likely N-dealkylation sites (tertiary alicyclic amines) is 1. The number of rotatable bonds is 7. The highest BCUT2D eigenvalue weighted by atomic mass is 16.5. The summed E-state index contributed by atoms with van der Waals surface area (Å²) in [5.74, 6) is 2.02. The summed E-state index contributed by atoms with van der Waals surface area (Å²) < 4.78 is 10.2. The number of furan rings is 1. The molecule has 1 saturated heterocycles. The van der Waals surface area contributed by atoms with E-state index in [1.807, 2.05) is 19.1 Å². The van der Waals surface area contributed by atoms with Crippen LogP contribution in [0.15, 0.2) is 27.3 Å². The van der Waals surface area contributed by atoms with Crippen LogP contribution in [0.3, 0.4) is 0 Å². The van der Waals surface area contributed by atoms with Crippen LogP contribution in [0.4, 0.5) is 0 Å². The van der Waals surface area contributed by atoms with Crippen LogP contribution < -0.4 is 10.6 Å². The summed E-state index contributed by atoms with van der Waals surface area (Å²) in [6, 6.07) is 3.67. The van der Waals surface area contributed by atoms with Crippen molar-refractivity contribution in [2.75, 3.05) is 13.1 Å².